The number of rotatable bonds is 3. The number of benzene rings is 1. The lowest BCUT2D eigenvalue weighted by atomic mass is 10.1. The van der Waals surface area contributed by atoms with Crippen LogP contribution in [0.3, 0.4) is 0 Å². The summed E-state index contributed by atoms with van der Waals surface area (Å²) in [6.07, 6.45) is 1.01. The Morgan fingerprint density at radius 1 is 1.61 bits per heavy atom. The Kier molecular flexibility index (Phi) is 4.24. The quantitative estimate of drug-likeness (QED) is 0.840. The van der Waals surface area contributed by atoms with Crippen LogP contribution in [0.25, 0.3) is 0 Å². The van der Waals surface area contributed by atoms with Gasteiger partial charge in [0.2, 0.25) is 0 Å². The summed E-state index contributed by atoms with van der Waals surface area (Å²) in [4.78, 5) is 12.1. The number of hydrogen-bond donors (Lipinski definition) is 2. The van der Waals surface area contributed by atoms with Crippen molar-refractivity contribution >= 4 is 27.5 Å². The molecule has 1 fully saturated rings. The SMILES string of the molecule is Cc1cc(Br)c(N)c(C(=O)NCC2CCOC2)c1. The maximum atomic E-state index is 12.1. The summed E-state index contributed by atoms with van der Waals surface area (Å²) in [5.41, 5.74) is 7.92. The van der Waals surface area contributed by atoms with E-state index < -0.39 is 0 Å². The topological polar surface area (TPSA) is 64.4 Å². The molecule has 1 heterocycles. The molecule has 98 valence electrons. The molecule has 0 aliphatic carbocycles. The average molecular weight is 313 g/mol. The molecule has 1 aromatic carbocycles. The molecule has 1 atom stereocenters. The third-order valence-corrected chi connectivity index (χ3v) is 3.75. The Bertz CT molecular complexity index is 457. The smallest absolute Gasteiger partial charge is 0.253 e. The first-order valence-corrected chi connectivity index (χ1v) is 6.79. The van der Waals surface area contributed by atoms with Gasteiger partial charge in [0.05, 0.1) is 17.9 Å². The fourth-order valence-electron chi connectivity index (χ4n) is 2.02. The van der Waals surface area contributed by atoms with Gasteiger partial charge in [-0.3, -0.25) is 4.79 Å². The number of amides is 1. The van der Waals surface area contributed by atoms with Crippen molar-refractivity contribution in [3.63, 3.8) is 0 Å². The third kappa shape index (κ3) is 3.03. The fourth-order valence-corrected chi connectivity index (χ4v) is 2.59. The summed E-state index contributed by atoms with van der Waals surface area (Å²) < 4.78 is 6.03. The van der Waals surface area contributed by atoms with Gasteiger partial charge in [0.1, 0.15) is 0 Å². The van der Waals surface area contributed by atoms with Gasteiger partial charge in [-0.1, -0.05) is 0 Å². The Morgan fingerprint density at radius 3 is 3.06 bits per heavy atom. The highest BCUT2D eigenvalue weighted by Crippen LogP contribution is 2.25. The lowest BCUT2D eigenvalue weighted by molar-refractivity contribution is 0.0945. The van der Waals surface area contributed by atoms with Crippen LogP contribution in [0.2, 0.25) is 0 Å². The van der Waals surface area contributed by atoms with E-state index >= 15 is 0 Å². The summed E-state index contributed by atoms with van der Waals surface area (Å²) in [6.45, 7) is 4.10. The van der Waals surface area contributed by atoms with Gasteiger partial charge in [0.15, 0.2) is 0 Å². The number of aryl methyl sites for hydroxylation is 1. The number of anilines is 1. The Labute approximate surface area is 115 Å². The molecule has 2 rings (SSSR count). The van der Waals surface area contributed by atoms with E-state index in [1.807, 2.05) is 13.0 Å². The number of carbonyl (C=O) groups excluding carboxylic acids is 1. The highest BCUT2D eigenvalue weighted by Gasteiger charge is 2.18. The minimum atomic E-state index is -0.121. The van der Waals surface area contributed by atoms with Crippen molar-refractivity contribution < 1.29 is 9.53 Å². The maximum absolute atomic E-state index is 12.1. The van der Waals surface area contributed by atoms with Crippen LogP contribution < -0.4 is 11.1 Å². The number of hydrogen-bond acceptors (Lipinski definition) is 3. The fraction of sp³-hybridized carbons (Fsp3) is 0.462. The predicted molar refractivity (Wildman–Crippen MR) is 74.6 cm³/mol. The molecule has 0 saturated carbocycles. The van der Waals surface area contributed by atoms with E-state index in [-0.39, 0.29) is 5.91 Å². The van der Waals surface area contributed by atoms with E-state index in [0.29, 0.717) is 23.7 Å². The van der Waals surface area contributed by atoms with Crippen LogP contribution in [0.4, 0.5) is 5.69 Å². The number of nitrogen functional groups attached to an aromatic ring is 1. The summed E-state index contributed by atoms with van der Waals surface area (Å²) in [5.74, 6) is 0.298. The number of ether oxygens (including phenoxy) is 1. The highest BCUT2D eigenvalue weighted by atomic mass is 79.9. The second kappa shape index (κ2) is 5.71. The molecule has 1 aliphatic rings. The molecule has 5 heteroatoms. The van der Waals surface area contributed by atoms with Gasteiger partial charge < -0.3 is 15.8 Å². The van der Waals surface area contributed by atoms with Gasteiger partial charge in [-0.2, -0.15) is 0 Å². The first-order chi connectivity index (χ1) is 8.58. The Morgan fingerprint density at radius 2 is 2.39 bits per heavy atom. The second-order valence-electron chi connectivity index (χ2n) is 4.65. The number of halogens is 1. The van der Waals surface area contributed by atoms with Crippen molar-refractivity contribution in [2.75, 3.05) is 25.5 Å². The molecule has 1 unspecified atom stereocenters. The maximum Gasteiger partial charge on any atom is 0.253 e. The first kappa shape index (κ1) is 13.4. The second-order valence-corrected chi connectivity index (χ2v) is 5.50. The van der Waals surface area contributed by atoms with Crippen molar-refractivity contribution in [3.05, 3.63) is 27.7 Å². The highest BCUT2D eigenvalue weighted by molar-refractivity contribution is 9.10. The molecule has 1 amide bonds. The van der Waals surface area contributed by atoms with E-state index in [1.165, 1.54) is 0 Å². The minimum Gasteiger partial charge on any atom is -0.397 e. The molecule has 0 spiro atoms. The van der Waals surface area contributed by atoms with Crippen LogP contribution in [-0.4, -0.2) is 25.7 Å². The zero-order chi connectivity index (χ0) is 13.1. The van der Waals surface area contributed by atoms with E-state index in [9.17, 15) is 4.79 Å². The van der Waals surface area contributed by atoms with Crippen LogP contribution in [0.15, 0.2) is 16.6 Å². The summed E-state index contributed by atoms with van der Waals surface area (Å²) in [5, 5.41) is 2.92. The molecule has 1 aliphatic heterocycles. The molecular formula is C13H17BrN2O2. The lowest BCUT2D eigenvalue weighted by Crippen LogP contribution is -2.30. The van der Waals surface area contributed by atoms with Crippen LogP contribution in [0.1, 0.15) is 22.3 Å². The van der Waals surface area contributed by atoms with Gasteiger partial charge in [-0.25, -0.2) is 0 Å². The number of nitrogens with two attached hydrogens (primary N) is 1. The zero-order valence-corrected chi connectivity index (χ0v) is 11.9. The van der Waals surface area contributed by atoms with Gasteiger partial charge in [0.25, 0.3) is 5.91 Å². The first-order valence-electron chi connectivity index (χ1n) is 5.99. The van der Waals surface area contributed by atoms with Crippen LogP contribution in [0, 0.1) is 12.8 Å². The predicted octanol–water partition coefficient (Wildman–Crippen LogP) is 2.11. The summed E-state index contributed by atoms with van der Waals surface area (Å²) in [7, 11) is 0. The summed E-state index contributed by atoms with van der Waals surface area (Å²) in [6, 6.07) is 3.71. The van der Waals surface area contributed by atoms with E-state index in [1.54, 1.807) is 6.07 Å². The zero-order valence-electron chi connectivity index (χ0n) is 10.3. The van der Waals surface area contributed by atoms with Crippen molar-refractivity contribution in [1.82, 2.24) is 5.32 Å². The Balaban J connectivity index is 2.04. The monoisotopic (exact) mass is 312 g/mol. The summed E-state index contributed by atoms with van der Waals surface area (Å²) >= 11 is 3.36. The molecule has 18 heavy (non-hydrogen) atoms. The van der Waals surface area contributed by atoms with E-state index in [4.69, 9.17) is 10.5 Å². The lowest BCUT2D eigenvalue weighted by Gasteiger charge is -2.12. The molecule has 1 aromatic rings. The molecule has 0 radical (unpaired) electrons. The Hall–Kier alpha value is -1.07. The standard InChI is InChI=1S/C13H17BrN2O2/c1-8-4-10(12(15)11(14)5-8)13(17)16-6-9-2-3-18-7-9/h4-5,9H,2-3,6-7,15H2,1H3,(H,16,17). The van der Waals surface area contributed by atoms with Gasteiger partial charge in [0, 0.05) is 23.5 Å². The van der Waals surface area contributed by atoms with Crippen molar-refractivity contribution in [2.24, 2.45) is 5.92 Å². The number of carbonyl (C=O) groups is 1. The largest absolute Gasteiger partial charge is 0.397 e. The molecule has 3 N–H and O–H groups in total. The number of nitrogens with one attached hydrogen (secondary N) is 1. The molecule has 1 saturated heterocycles. The van der Waals surface area contributed by atoms with Crippen molar-refractivity contribution in [1.29, 1.82) is 0 Å². The van der Waals surface area contributed by atoms with E-state index in [2.05, 4.69) is 21.2 Å². The van der Waals surface area contributed by atoms with E-state index in [0.717, 1.165) is 29.7 Å². The normalized spacial score (nSPS) is 18.9. The van der Waals surface area contributed by atoms with Gasteiger partial charge in [-0.15, -0.1) is 0 Å². The third-order valence-electron chi connectivity index (χ3n) is 3.09. The van der Waals surface area contributed by atoms with Gasteiger partial charge in [-0.05, 0) is 47.0 Å². The van der Waals surface area contributed by atoms with Crippen molar-refractivity contribution in [3.8, 4) is 0 Å². The van der Waals surface area contributed by atoms with Crippen molar-refractivity contribution in [2.45, 2.75) is 13.3 Å². The van der Waals surface area contributed by atoms with Crippen LogP contribution in [-0.2, 0) is 4.74 Å². The molecular weight excluding hydrogens is 296 g/mol. The molecule has 0 bridgehead atoms. The van der Waals surface area contributed by atoms with Crippen LogP contribution in [0.5, 0.6) is 0 Å². The minimum absolute atomic E-state index is 0.121. The molecule has 0 aromatic heterocycles. The average Bonchev–Trinajstić information content (AvgIpc) is 2.83. The molecule has 4 nitrogen and oxygen atoms in total. The van der Waals surface area contributed by atoms with Gasteiger partial charge >= 0.3 is 0 Å². The van der Waals surface area contributed by atoms with Crippen LogP contribution >= 0.6 is 15.9 Å².